The van der Waals surface area contributed by atoms with Crippen molar-refractivity contribution in [1.29, 1.82) is 5.26 Å². The minimum absolute atomic E-state index is 0. The molecule has 0 bridgehead atoms. The third-order valence-corrected chi connectivity index (χ3v) is 23.3. The Bertz CT molecular complexity index is 4920. The molecule has 0 atom stereocenters. The summed E-state index contributed by atoms with van der Waals surface area (Å²) in [5.41, 5.74) is -18.2. The van der Waals surface area contributed by atoms with Crippen molar-refractivity contribution < 1.29 is 168 Å². The number of rotatable bonds is 15. The Morgan fingerprint density at radius 3 is 0.915 bits per heavy atom. The van der Waals surface area contributed by atoms with Crippen LogP contribution in [0.25, 0.3) is 22.5 Å². The third-order valence-electron chi connectivity index (χ3n) is 19.3. The first-order valence-electron chi connectivity index (χ1n) is 33.9. The molecule has 0 unspecified atom stereocenters. The van der Waals surface area contributed by atoms with Crippen molar-refractivity contribution in [2.45, 2.75) is 118 Å². The van der Waals surface area contributed by atoms with Crippen molar-refractivity contribution in [1.82, 2.24) is 4.48 Å². The first-order chi connectivity index (χ1) is 53.7. The van der Waals surface area contributed by atoms with Gasteiger partial charge in [0.15, 0.2) is 111 Å². The van der Waals surface area contributed by atoms with Gasteiger partial charge in [0.25, 0.3) is 12.6 Å². The average Bonchev–Trinajstić information content (AvgIpc) is 1.66. The van der Waals surface area contributed by atoms with Crippen LogP contribution in [0, 0.1) is 186 Å². The number of carbonyl (C=O) groups excluding carboxylic acids is 1. The van der Waals surface area contributed by atoms with Gasteiger partial charge in [-0.3, -0.25) is 0 Å². The van der Waals surface area contributed by atoms with Gasteiger partial charge in [-0.2, -0.15) is 5.26 Å². The van der Waals surface area contributed by atoms with Crippen LogP contribution < -0.4 is 42.6 Å². The van der Waals surface area contributed by atoms with E-state index in [4.69, 9.17) is 5.26 Å². The van der Waals surface area contributed by atoms with Crippen LogP contribution in [-0.4, -0.2) is 40.4 Å². The molecule has 0 fully saturated rings. The van der Waals surface area contributed by atoms with E-state index < -0.39 is 272 Å². The summed E-state index contributed by atoms with van der Waals surface area (Å²) in [4.78, 5) is 12.6. The summed E-state index contributed by atoms with van der Waals surface area (Å²) in [6, 6.07) is 16.0. The Kier molecular flexibility index (Phi) is 28.1. The molecule has 0 N–H and O–H groups in total. The number of benzene rings is 9. The Hall–Kier alpha value is -9.65. The number of imidazole rings is 1. The van der Waals surface area contributed by atoms with Gasteiger partial charge < -0.3 is 13.7 Å². The van der Waals surface area contributed by atoms with E-state index >= 15 is 132 Å². The summed E-state index contributed by atoms with van der Waals surface area (Å²) >= 11 is 0. The second kappa shape index (κ2) is 34.7. The minimum atomic E-state index is -7.65. The van der Waals surface area contributed by atoms with Crippen molar-refractivity contribution in [2.75, 3.05) is 7.11 Å². The normalized spacial score (nSPS) is 12.0. The Balaban J connectivity index is 0.000000464. The molecular weight excluding hydrogens is 1830 g/mol. The van der Waals surface area contributed by atoms with Gasteiger partial charge in [-0.05, 0) is 112 Å². The number of aromatic nitrogens is 2. The molecule has 0 aliphatic carbocycles. The van der Waals surface area contributed by atoms with E-state index in [1.807, 2.05) is 0 Å². The number of nitrogens with zero attached hydrogens (tertiary/aromatic N) is 3. The molecule has 628 valence electrons. The fourth-order valence-corrected chi connectivity index (χ4v) is 19.6. The number of halogens is 30. The van der Waals surface area contributed by atoms with Crippen LogP contribution >= 0.6 is 7.92 Å². The number of methoxy groups -OCH3 is 1. The maximum absolute atomic E-state index is 17.1. The predicted octanol–water partition coefficient (Wildman–Crippen LogP) is 19.1. The molecule has 0 radical (unpaired) electrons. The van der Waals surface area contributed by atoms with Gasteiger partial charge in [0.05, 0.1) is 47.0 Å². The van der Waals surface area contributed by atoms with Crippen LogP contribution in [0.2, 0.25) is 0 Å². The Morgan fingerprint density at radius 1 is 0.410 bits per heavy atom. The van der Waals surface area contributed by atoms with Crippen LogP contribution in [0.4, 0.5) is 132 Å². The Labute approximate surface area is 663 Å². The molecule has 10 rings (SSSR count). The molecule has 0 saturated carbocycles. The molecule has 0 saturated heterocycles. The summed E-state index contributed by atoms with van der Waals surface area (Å²) in [5, 5.41) is 9.49. The van der Waals surface area contributed by atoms with E-state index in [1.54, 1.807) is 11.4 Å². The van der Waals surface area contributed by atoms with Crippen LogP contribution in [0.1, 0.15) is 135 Å². The molecule has 0 spiro atoms. The van der Waals surface area contributed by atoms with Crippen molar-refractivity contribution in [2.24, 2.45) is 0 Å². The SMILES string of the molecule is CC#N.CC(C)c1cc(C(C)C)c(-c2ccccc2[PH+](C(C)(C)C)C(C)(C)C)c(C(C)C)c1.COC(=O)c1ccc(-c2n([B-](c3c(F)c(F)c(F)c(F)c3F)(c3c(F)c(F)c(F)c(F)c3F)c3c(F)c(F)c(F)c(F)c3F)cc[n+]2[B-](c2c(F)c(F)c(F)c(F)c2F)(c2c(F)c(F)c(F)c(F)c2F)c2c(F)c(F)c(F)c(F)c2F)cc1.[Au+]. The van der Waals surface area contributed by atoms with Gasteiger partial charge in [0, 0.05) is 20.4 Å². The second-order valence-corrected chi connectivity index (χ2v) is 33.5. The van der Waals surface area contributed by atoms with Gasteiger partial charge in [-0.25, -0.2) is 137 Å². The molecule has 117 heavy (non-hydrogen) atoms. The van der Waals surface area contributed by atoms with E-state index in [9.17, 15) is 4.79 Å². The van der Waals surface area contributed by atoms with Crippen LogP contribution in [0.5, 0.6) is 0 Å². The molecule has 1 aromatic heterocycles. The number of hydrogen-bond donors (Lipinski definition) is 0. The number of carbonyl (C=O) groups is 1. The quantitative estimate of drug-likeness (QED) is 0.0257. The van der Waals surface area contributed by atoms with Crippen LogP contribution in [-0.2, 0) is 27.1 Å². The summed E-state index contributed by atoms with van der Waals surface area (Å²) in [5.74, 6) is -118. The van der Waals surface area contributed by atoms with E-state index in [2.05, 4.69) is 124 Å². The van der Waals surface area contributed by atoms with Crippen molar-refractivity contribution in [3.05, 3.63) is 270 Å². The van der Waals surface area contributed by atoms with Gasteiger partial charge >= 0.3 is 28.3 Å². The smallest absolute Gasteiger partial charge is 0.465 e. The zero-order chi connectivity index (χ0) is 87.9. The number of nitriles is 1. The monoisotopic (exact) mass is 1890 g/mol. The molecule has 0 amide bonds. The van der Waals surface area contributed by atoms with Crippen molar-refractivity contribution in [3.63, 3.8) is 0 Å². The molecule has 0 aliphatic heterocycles. The fraction of sp³-hybridized carbons (Fsp3) is 0.244. The summed E-state index contributed by atoms with van der Waals surface area (Å²) in [6.07, 6.45) is -17.3. The summed E-state index contributed by atoms with van der Waals surface area (Å²) < 4.78 is 486. The molecule has 5 nitrogen and oxygen atoms in total. The minimum Gasteiger partial charge on any atom is -0.465 e. The first kappa shape index (κ1) is 94.5. The second-order valence-electron chi connectivity index (χ2n) is 29.2. The average molecular weight is 1890 g/mol. The van der Waals surface area contributed by atoms with Crippen LogP contribution in [0.15, 0.2) is 73.1 Å². The van der Waals surface area contributed by atoms with E-state index in [1.165, 1.54) is 34.7 Å². The van der Waals surface area contributed by atoms with Gasteiger partial charge in [-0.15, -0.1) is 0 Å². The van der Waals surface area contributed by atoms with Crippen molar-refractivity contribution in [3.8, 4) is 28.6 Å². The van der Waals surface area contributed by atoms with Gasteiger partial charge in [0.2, 0.25) is 0 Å². The Morgan fingerprint density at radius 2 is 0.667 bits per heavy atom. The number of ether oxygens (including phenoxy) is 1. The number of hydrogen-bond acceptors (Lipinski definition) is 3. The molecule has 9 aromatic carbocycles. The number of esters is 1. The summed E-state index contributed by atoms with van der Waals surface area (Å²) in [7, 11) is -0.313. The first-order valence-corrected chi connectivity index (χ1v) is 35.4. The van der Waals surface area contributed by atoms with Gasteiger partial charge in [0.1, 0.15) is 75.1 Å². The van der Waals surface area contributed by atoms with E-state index in [0.717, 1.165) is 0 Å². The van der Waals surface area contributed by atoms with Crippen LogP contribution in [0.3, 0.4) is 0 Å². The zero-order valence-electron chi connectivity index (χ0n) is 62.6. The van der Waals surface area contributed by atoms with Crippen molar-refractivity contribution >= 4 is 64.5 Å². The molecule has 0 aliphatic rings. The molecule has 1 heterocycles. The third kappa shape index (κ3) is 15.4. The largest absolute Gasteiger partial charge is 1.00 e. The molecule has 39 heteroatoms. The summed E-state index contributed by atoms with van der Waals surface area (Å²) in [6.45, 7) is 30.1. The topological polar surface area (TPSA) is 58.9 Å². The fourth-order valence-electron chi connectivity index (χ4n) is 15.0. The zero-order valence-corrected chi connectivity index (χ0v) is 65.8. The van der Waals surface area contributed by atoms with E-state index in [0.29, 0.717) is 24.9 Å². The maximum atomic E-state index is 17.1. The predicted molar refractivity (Wildman–Crippen MR) is 372 cm³/mol. The van der Waals surface area contributed by atoms with E-state index in [-0.39, 0.29) is 57.0 Å². The molecule has 10 aromatic rings. The molecular formula is C78H58AuB2F30N3O2P+. The van der Waals surface area contributed by atoms with Gasteiger partial charge in [-0.1, -0.05) is 105 Å². The maximum Gasteiger partial charge on any atom is 1.00 e. The standard InChI is InChI=1S/C47H9B2F30N2O2.C29H45P.C2H3N.Au/c1-83-47(82)9-4-2-8(3-5-9)46-80(48(10-16(50)28(62)40(74)29(63)17(10)51,11-18(52)30(64)41(75)31(65)19(11)53)12-20(54)32(66)42(76)33(67)21(12)55)6-7-81(46)49(13-22(56)34(68)43(77)35(69)23(13)57,14-24(58)36(70)44(78)37(71)25(14)59)15-26(60)38(72)45(79)39(73)27(15)61;1-19(2)22-17-24(20(3)4)27(25(18-22)21(5)6)23-15-13-14-16-26(23)30(28(7,8)9)29(10,11)12;1-2-3;/h2-7H,1H3;13-21H,1-12H3;1H3;/q-1;;;+1/p+1.